The van der Waals surface area contributed by atoms with Crippen LogP contribution in [-0.4, -0.2) is 41.8 Å². The highest BCUT2D eigenvalue weighted by Gasteiger charge is 2.33. The Labute approximate surface area is 135 Å². The zero-order valence-corrected chi connectivity index (χ0v) is 13.7. The topological polar surface area (TPSA) is 91.2 Å². The Morgan fingerprint density at radius 1 is 1.43 bits per heavy atom. The standard InChI is InChI=1S/C15H20FN3O3S/c1-22-11-15(4-6-18-7-5-15)10-19-23(20,21)13-2-3-14(16)12(8-13)9-17/h2-3,8,18-19H,4-7,10-11H2,1H3. The molecule has 1 heterocycles. The number of hydrogen-bond donors (Lipinski definition) is 2. The van der Waals surface area contributed by atoms with E-state index in [9.17, 15) is 12.8 Å². The van der Waals surface area contributed by atoms with Crippen LogP contribution in [0.25, 0.3) is 0 Å². The van der Waals surface area contributed by atoms with Crippen molar-refractivity contribution in [3.8, 4) is 6.07 Å². The Kier molecular flexibility index (Phi) is 5.70. The number of nitrogens with zero attached hydrogens (tertiary/aromatic N) is 1. The number of hydrogen-bond acceptors (Lipinski definition) is 5. The molecule has 2 rings (SSSR count). The molecule has 0 saturated carbocycles. The molecule has 1 aromatic carbocycles. The number of sulfonamides is 1. The first-order valence-corrected chi connectivity index (χ1v) is 8.80. The molecule has 2 N–H and O–H groups in total. The van der Waals surface area contributed by atoms with E-state index in [0.717, 1.165) is 44.1 Å². The van der Waals surface area contributed by atoms with E-state index in [4.69, 9.17) is 10.00 Å². The number of ether oxygens (including phenoxy) is 1. The summed E-state index contributed by atoms with van der Waals surface area (Å²) in [5.74, 6) is -0.736. The van der Waals surface area contributed by atoms with Gasteiger partial charge in [0.05, 0.1) is 17.1 Å². The van der Waals surface area contributed by atoms with Crippen molar-refractivity contribution in [3.63, 3.8) is 0 Å². The first-order chi connectivity index (χ1) is 10.9. The third-order valence-corrected chi connectivity index (χ3v) is 5.52. The summed E-state index contributed by atoms with van der Waals surface area (Å²) in [6.07, 6.45) is 1.60. The van der Waals surface area contributed by atoms with Crippen LogP contribution in [0.4, 0.5) is 4.39 Å². The normalized spacial score (nSPS) is 17.6. The van der Waals surface area contributed by atoms with Crippen LogP contribution in [0.1, 0.15) is 18.4 Å². The van der Waals surface area contributed by atoms with Crippen LogP contribution >= 0.6 is 0 Å². The second-order valence-electron chi connectivity index (χ2n) is 5.76. The van der Waals surface area contributed by atoms with Crippen molar-refractivity contribution in [2.45, 2.75) is 17.7 Å². The maximum absolute atomic E-state index is 13.3. The van der Waals surface area contributed by atoms with Crippen LogP contribution in [0.5, 0.6) is 0 Å². The highest BCUT2D eigenvalue weighted by molar-refractivity contribution is 7.89. The van der Waals surface area contributed by atoms with Gasteiger partial charge in [0.2, 0.25) is 10.0 Å². The molecular weight excluding hydrogens is 321 g/mol. The van der Waals surface area contributed by atoms with Crippen LogP contribution < -0.4 is 10.0 Å². The molecule has 1 fully saturated rings. The Morgan fingerprint density at radius 2 is 2.13 bits per heavy atom. The maximum Gasteiger partial charge on any atom is 0.240 e. The third kappa shape index (κ3) is 4.26. The summed E-state index contributed by atoms with van der Waals surface area (Å²) in [4.78, 5) is -0.114. The predicted molar refractivity (Wildman–Crippen MR) is 82.7 cm³/mol. The molecule has 126 valence electrons. The van der Waals surface area contributed by atoms with Gasteiger partial charge in [0, 0.05) is 19.1 Å². The van der Waals surface area contributed by atoms with E-state index in [1.54, 1.807) is 13.2 Å². The Morgan fingerprint density at radius 3 is 2.74 bits per heavy atom. The van der Waals surface area contributed by atoms with E-state index in [1.807, 2.05) is 0 Å². The van der Waals surface area contributed by atoms with Gasteiger partial charge in [0.25, 0.3) is 0 Å². The number of halogens is 1. The van der Waals surface area contributed by atoms with E-state index in [1.165, 1.54) is 0 Å². The second kappa shape index (κ2) is 7.36. The smallest absolute Gasteiger partial charge is 0.240 e. The summed E-state index contributed by atoms with van der Waals surface area (Å²) in [6.45, 7) is 2.31. The SMILES string of the molecule is COCC1(CNS(=O)(=O)c2ccc(F)c(C#N)c2)CCNCC1. The fourth-order valence-electron chi connectivity index (χ4n) is 2.72. The summed E-state index contributed by atoms with van der Waals surface area (Å²) in [7, 11) is -2.21. The maximum atomic E-state index is 13.3. The average molecular weight is 341 g/mol. The molecule has 0 aliphatic carbocycles. The molecular formula is C15H20FN3O3S. The summed E-state index contributed by atoms with van der Waals surface area (Å²) in [5.41, 5.74) is -0.549. The van der Waals surface area contributed by atoms with Crippen LogP contribution in [0.15, 0.2) is 23.1 Å². The fraction of sp³-hybridized carbons (Fsp3) is 0.533. The van der Waals surface area contributed by atoms with E-state index in [0.29, 0.717) is 6.61 Å². The van der Waals surface area contributed by atoms with Crippen molar-refractivity contribution in [2.75, 3.05) is 33.4 Å². The van der Waals surface area contributed by atoms with Crippen molar-refractivity contribution >= 4 is 10.0 Å². The second-order valence-corrected chi connectivity index (χ2v) is 7.53. The van der Waals surface area contributed by atoms with Crippen LogP contribution in [0.2, 0.25) is 0 Å². The number of piperidine rings is 1. The first kappa shape index (κ1) is 17.8. The molecule has 0 atom stereocenters. The Hall–Kier alpha value is -1.53. The molecule has 1 aliphatic rings. The van der Waals surface area contributed by atoms with E-state index in [2.05, 4.69) is 10.0 Å². The monoisotopic (exact) mass is 341 g/mol. The lowest BCUT2D eigenvalue weighted by atomic mass is 9.80. The van der Waals surface area contributed by atoms with Gasteiger partial charge >= 0.3 is 0 Å². The van der Waals surface area contributed by atoms with Crippen molar-refractivity contribution in [1.29, 1.82) is 5.26 Å². The Balaban J connectivity index is 2.16. The number of nitrogens with one attached hydrogen (secondary N) is 2. The number of nitriles is 1. The van der Waals surface area contributed by atoms with Crippen molar-refractivity contribution < 1.29 is 17.5 Å². The van der Waals surface area contributed by atoms with Crippen LogP contribution in [-0.2, 0) is 14.8 Å². The van der Waals surface area contributed by atoms with Crippen molar-refractivity contribution in [3.05, 3.63) is 29.6 Å². The number of rotatable bonds is 6. The molecule has 1 aromatic rings. The van der Waals surface area contributed by atoms with Crippen LogP contribution in [0.3, 0.4) is 0 Å². The third-order valence-electron chi connectivity index (χ3n) is 4.12. The summed E-state index contributed by atoms with van der Waals surface area (Å²) < 4.78 is 46.0. The van der Waals surface area contributed by atoms with E-state index >= 15 is 0 Å². The predicted octanol–water partition coefficient (Wildman–Crippen LogP) is 0.992. The molecule has 0 unspecified atom stereocenters. The summed E-state index contributed by atoms with van der Waals surface area (Å²) in [5, 5.41) is 12.1. The van der Waals surface area contributed by atoms with Gasteiger partial charge in [0.1, 0.15) is 11.9 Å². The van der Waals surface area contributed by atoms with Gasteiger partial charge in [-0.15, -0.1) is 0 Å². The van der Waals surface area contributed by atoms with Gasteiger partial charge in [-0.05, 0) is 44.1 Å². The minimum Gasteiger partial charge on any atom is -0.384 e. The largest absolute Gasteiger partial charge is 0.384 e. The quantitative estimate of drug-likeness (QED) is 0.805. The lowest BCUT2D eigenvalue weighted by Gasteiger charge is -2.37. The molecule has 8 heteroatoms. The van der Waals surface area contributed by atoms with E-state index < -0.39 is 15.8 Å². The molecule has 1 aliphatic heterocycles. The molecule has 1 saturated heterocycles. The number of benzene rings is 1. The molecule has 6 nitrogen and oxygen atoms in total. The summed E-state index contributed by atoms with van der Waals surface area (Å²) >= 11 is 0. The Bertz CT molecular complexity index is 689. The minimum atomic E-state index is -3.81. The fourth-order valence-corrected chi connectivity index (χ4v) is 3.91. The zero-order valence-electron chi connectivity index (χ0n) is 12.9. The molecule has 0 amide bonds. The number of methoxy groups -OCH3 is 1. The van der Waals surface area contributed by atoms with Crippen molar-refractivity contribution in [1.82, 2.24) is 10.0 Å². The van der Waals surface area contributed by atoms with Gasteiger partial charge in [0.15, 0.2) is 0 Å². The zero-order chi connectivity index (χ0) is 16.9. The first-order valence-electron chi connectivity index (χ1n) is 7.31. The van der Waals surface area contributed by atoms with Crippen LogP contribution in [0, 0.1) is 22.6 Å². The minimum absolute atomic E-state index is 0.114. The van der Waals surface area contributed by atoms with Crippen molar-refractivity contribution in [2.24, 2.45) is 5.41 Å². The highest BCUT2D eigenvalue weighted by atomic mass is 32.2. The van der Waals surface area contributed by atoms with E-state index in [-0.39, 0.29) is 22.4 Å². The molecule has 0 radical (unpaired) electrons. The molecule has 0 spiro atoms. The summed E-state index contributed by atoms with van der Waals surface area (Å²) in [6, 6.07) is 4.84. The lowest BCUT2D eigenvalue weighted by Crippen LogP contribution is -2.47. The van der Waals surface area contributed by atoms with Gasteiger partial charge in [-0.2, -0.15) is 5.26 Å². The van der Waals surface area contributed by atoms with Gasteiger partial charge in [-0.1, -0.05) is 0 Å². The van der Waals surface area contributed by atoms with Gasteiger partial charge in [-0.3, -0.25) is 0 Å². The molecule has 23 heavy (non-hydrogen) atoms. The molecule has 0 bridgehead atoms. The average Bonchev–Trinajstić information content (AvgIpc) is 2.55. The van der Waals surface area contributed by atoms with Gasteiger partial charge < -0.3 is 10.1 Å². The molecule has 0 aromatic heterocycles. The van der Waals surface area contributed by atoms with Gasteiger partial charge in [-0.25, -0.2) is 17.5 Å². The lowest BCUT2D eigenvalue weighted by molar-refractivity contribution is 0.0577. The highest BCUT2D eigenvalue weighted by Crippen LogP contribution is 2.29.